The number of hydrogen-bond donors (Lipinski definition) is 1. The predicted molar refractivity (Wildman–Crippen MR) is 75.8 cm³/mol. The van der Waals surface area contributed by atoms with E-state index in [0.29, 0.717) is 12.2 Å². The van der Waals surface area contributed by atoms with Crippen molar-refractivity contribution in [3.05, 3.63) is 35.4 Å². The molecule has 1 aromatic carbocycles. The van der Waals surface area contributed by atoms with Crippen LogP contribution in [0.2, 0.25) is 0 Å². The maximum absolute atomic E-state index is 6.31. The molecule has 0 saturated heterocycles. The van der Waals surface area contributed by atoms with E-state index < -0.39 is 0 Å². The molecule has 2 rings (SSSR count). The van der Waals surface area contributed by atoms with Crippen LogP contribution in [0.5, 0.6) is 0 Å². The van der Waals surface area contributed by atoms with E-state index >= 15 is 0 Å². The highest BCUT2D eigenvalue weighted by Gasteiger charge is 2.22. The maximum Gasteiger partial charge on any atom is 0.0832 e. The summed E-state index contributed by atoms with van der Waals surface area (Å²) in [5.74, 6) is 0. The summed E-state index contributed by atoms with van der Waals surface area (Å²) in [5.41, 5.74) is 2.89. The molecular weight excluding hydrogens is 222 g/mol. The van der Waals surface area contributed by atoms with Gasteiger partial charge in [-0.1, -0.05) is 38.1 Å². The van der Waals surface area contributed by atoms with Crippen molar-refractivity contribution in [2.24, 2.45) is 0 Å². The minimum atomic E-state index is 0.304. The van der Waals surface area contributed by atoms with Crippen molar-refractivity contribution in [3.63, 3.8) is 0 Å². The number of rotatable bonds is 6. The molecule has 2 heteroatoms. The van der Waals surface area contributed by atoms with Crippen LogP contribution in [0.15, 0.2) is 24.3 Å². The maximum atomic E-state index is 6.31. The van der Waals surface area contributed by atoms with Gasteiger partial charge in [0.1, 0.15) is 0 Å². The first-order valence-corrected chi connectivity index (χ1v) is 7.29. The van der Waals surface area contributed by atoms with Crippen LogP contribution < -0.4 is 5.32 Å². The summed E-state index contributed by atoms with van der Waals surface area (Å²) < 4.78 is 6.31. The monoisotopic (exact) mass is 247 g/mol. The van der Waals surface area contributed by atoms with Gasteiger partial charge in [0.15, 0.2) is 0 Å². The van der Waals surface area contributed by atoms with Crippen molar-refractivity contribution in [2.45, 2.75) is 51.7 Å². The third-order valence-electron chi connectivity index (χ3n) is 3.75. The second-order valence-electron chi connectivity index (χ2n) is 5.05. The van der Waals surface area contributed by atoms with Gasteiger partial charge in [-0.25, -0.2) is 0 Å². The third-order valence-corrected chi connectivity index (χ3v) is 3.75. The Morgan fingerprint density at radius 1 is 1.33 bits per heavy atom. The minimum absolute atomic E-state index is 0.304. The summed E-state index contributed by atoms with van der Waals surface area (Å²) in [6, 6.07) is 8.75. The molecule has 1 N–H and O–H groups in total. The zero-order valence-electron chi connectivity index (χ0n) is 11.6. The van der Waals surface area contributed by atoms with Crippen molar-refractivity contribution in [1.82, 2.24) is 5.32 Å². The van der Waals surface area contributed by atoms with E-state index in [1.165, 1.54) is 30.4 Å². The van der Waals surface area contributed by atoms with Gasteiger partial charge in [-0.05, 0) is 43.4 Å². The Labute approximate surface area is 111 Å². The molecule has 0 radical (unpaired) electrons. The molecule has 1 aliphatic carbocycles. The lowest BCUT2D eigenvalue weighted by Gasteiger charge is -2.29. The Morgan fingerprint density at radius 3 is 2.94 bits per heavy atom. The molecule has 2 nitrogen and oxygen atoms in total. The molecule has 0 amide bonds. The van der Waals surface area contributed by atoms with Crippen molar-refractivity contribution in [1.29, 1.82) is 0 Å². The van der Waals surface area contributed by atoms with Gasteiger partial charge in [0, 0.05) is 6.54 Å². The Kier molecular flexibility index (Phi) is 5.21. The van der Waals surface area contributed by atoms with E-state index in [1.807, 2.05) is 0 Å². The first kappa shape index (κ1) is 13.6. The van der Waals surface area contributed by atoms with Gasteiger partial charge in [-0.2, -0.15) is 0 Å². The largest absolute Gasteiger partial charge is 0.369 e. The molecule has 0 heterocycles. The molecule has 18 heavy (non-hydrogen) atoms. The molecule has 0 spiro atoms. The van der Waals surface area contributed by atoms with Crippen LogP contribution in [0.25, 0.3) is 0 Å². The standard InChI is InChI=1S/C16H25NO/c1-3-14(12-17-4-2)18-16-11-7-9-13-8-5-6-10-15(13)16/h5-6,8,10,14,16-17H,3-4,7,9,11-12H2,1-2H3. The lowest BCUT2D eigenvalue weighted by atomic mass is 9.89. The molecule has 0 fully saturated rings. The number of aryl methyl sites for hydroxylation is 1. The van der Waals surface area contributed by atoms with Gasteiger partial charge in [0.05, 0.1) is 12.2 Å². The molecule has 1 aromatic rings. The molecule has 0 aromatic heterocycles. The lowest BCUT2D eigenvalue weighted by Crippen LogP contribution is -2.30. The average molecular weight is 247 g/mol. The zero-order chi connectivity index (χ0) is 12.8. The van der Waals surface area contributed by atoms with Gasteiger partial charge in [0.2, 0.25) is 0 Å². The summed E-state index contributed by atoms with van der Waals surface area (Å²) in [7, 11) is 0. The van der Waals surface area contributed by atoms with Crippen LogP contribution in [0.3, 0.4) is 0 Å². The quantitative estimate of drug-likeness (QED) is 0.831. The van der Waals surface area contributed by atoms with Crippen molar-refractivity contribution >= 4 is 0 Å². The number of nitrogens with one attached hydrogen (secondary N) is 1. The first-order chi connectivity index (χ1) is 8.85. The van der Waals surface area contributed by atoms with Gasteiger partial charge in [-0.15, -0.1) is 0 Å². The van der Waals surface area contributed by atoms with E-state index in [2.05, 4.69) is 43.4 Å². The topological polar surface area (TPSA) is 21.3 Å². The number of fused-ring (bicyclic) bond motifs is 1. The highest BCUT2D eigenvalue weighted by atomic mass is 16.5. The lowest BCUT2D eigenvalue weighted by molar-refractivity contribution is -0.0227. The highest BCUT2D eigenvalue weighted by molar-refractivity contribution is 5.31. The number of hydrogen-bond acceptors (Lipinski definition) is 2. The predicted octanol–water partition coefficient (Wildman–Crippen LogP) is 3.47. The molecule has 0 aliphatic heterocycles. The number of likely N-dealkylation sites (N-methyl/N-ethyl adjacent to an activating group) is 1. The van der Waals surface area contributed by atoms with Crippen LogP contribution in [-0.2, 0) is 11.2 Å². The van der Waals surface area contributed by atoms with Crippen LogP contribution in [0, 0.1) is 0 Å². The van der Waals surface area contributed by atoms with Crippen LogP contribution in [-0.4, -0.2) is 19.2 Å². The van der Waals surface area contributed by atoms with Crippen LogP contribution >= 0.6 is 0 Å². The van der Waals surface area contributed by atoms with E-state index in [0.717, 1.165) is 19.5 Å². The molecule has 2 atom stereocenters. The SMILES string of the molecule is CCNCC(CC)OC1CCCc2ccccc21. The van der Waals surface area contributed by atoms with Gasteiger partial charge < -0.3 is 10.1 Å². The molecular formula is C16H25NO. The Bertz CT molecular complexity index is 364. The van der Waals surface area contributed by atoms with E-state index in [9.17, 15) is 0 Å². The summed E-state index contributed by atoms with van der Waals surface area (Å²) in [5, 5.41) is 3.39. The summed E-state index contributed by atoms with van der Waals surface area (Å²) in [6.07, 6.45) is 5.34. The van der Waals surface area contributed by atoms with Gasteiger partial charge in [-0.3, -0.25) is 0 Å². The van der Waals surface area contributed by atoms with Crippen LogP contribution in [0.4, 0.5) is 0 Å². The van der Waals surface area contributed by atoms with E-state index in [-0.39, 0.29) is 0 Å². The Balaban J connectivity index is 2.01. The van der Waals surface area contributed by atoms with E-state index in [1.54, 1.807) is 0 Å². The van der Waals surface area contributed by atoms with Gasteiger partial charge >= 0.3 is 0 Å². The molecule has 0 saturated carbocycles. The van der Waals surface area contributed by atoms with E-state index in [4.69, 9.17) is 4.74 Å². The zero-order valence-corrected chi connectivity index (χ0v) is 11.6. The minimum Gasteiger partial charge on any atom is -0.369 e. The summed E-state index contributed by atoms with van der Waals surface area (Å²) in [6.45, 7) is 6.33. The first-order valence-electron chi connectivity index (χ1n) is 7.29. The number of benzene rings is 1. The normalized spacial score (nSPS) is 20.4. The molecule has 1 aliphatic rings. The van der Waals surface area contributed by atoms with Crippen molar-refractivity contribution in [2.75, 3.05) is 13.1 Å². The smallest absolute Gasteiger partial charge is 0.0832 e. The second-order valence-corrected chi connectivity index (χ2v) is 5.05. The molecule has 2 unspecified atom stereocenters. The summed E-state index contributed by atoms with van der Waals surface area (Å²) in [4.78, 5) is 0. The van der Waals surface area contributed by atoms with Crippen LogP contribution in [0.1, 0.15) is 50.3 Å². The fraction of sp³-hybridized carbons (Fsp3) is 0.625. The fourth-order valence-corrected chi connectivity index (χ4v) is 2.68. The fourth-order valence-electron chi connectivity index (χ4n) is 2.68. The second kappa shape index (κ2) is 6.91. The Morgan fingerprint density at radius 2 is 2.17 bits per heavy atom. The molecule has 100 valence electrons. The average Bonchev–Trinajstić information content (AvgIpc) is 2.43. The summed E-state index contributed by atoms with van der Waals surface area (Å²) >= 11 is 0. The molecule has 0 bridgehead atoms. The third kappa shape index (κ3) is 3.33. The van der Waals surface area contributed by atoms with Crippen molar-refractivity contribution in [3.8, 4) is 0 Å². The number of ether oxygens (including phenoxy) is 1. The Hall–Kier alpha value is -0.860. The van der Waals surface area contributed by atoms with Crippen molar-refractivity contribution < 1.29 is 4.74 Å². The van der Waals surface area contributed by atoms with Gasteiger partial charge in [0.25, 0.3) is 0 Å². The highest BCUT2D eigenvalue weighted by Crippen LogP contribution is 2.33.